The van der Waals surface area contributed by atoms with Gasteiger partial charge in [-0.3, -0.25) is 4.90 Å². The van der Waals surface area contributed by atoms with Crippen LogP contribution in [0.5, 0.6) is 0 Å². The molecule has 1 heterocycles. The van der Waals surface area contributed by atoms with Crippen molar-refractivity contribution in [2.45, 2.75) is 44.9 Å². The molecule has 0 radical (unpaired) electrons. The van der Waals surface area contributed by atoms with Gasteiger partial charge in [0.25, 0.3) is 0 Å². The molecule has 0 bridgehead atoms. The van der Waals surface area contributed by atoms with Crippen molar-refractivity contribution in [2.75, 3.05) is 40.4 Å². The van der Waals surface area contributed by atoms with Gasteiger partial charge in [-0.1, -0.05) is 0 Å². The average Bonchev–Trinajstić information content (AvgIpc) is 2.11. The Morgan fingerprint density at radius 2 is 1.76 bits per heavy atom. The van der Waals surface area contributed by atoms with Crippen molar-refractivity contribution in [3.8, 4) is 0 Å². The van der Waals surface area contributed by atoms with Crippen LogP contribution in [0.4, 0.5) is 0 Å². The molecule has 17 heavy (non-hydrogen) atoms. The van der Waals surface area contributed by atoms with Gasteiger partial charge in [0, 0.05) is 32.8 Å². The first-order chi connectivity index (χ1) is 7.78. The summed E-state index contributed by atoms with van der Waals surface area (Å²) in [7, 11) is 3.73. The van der Waals surface area contributed by atoms with Crippen LogP contribution in [0, 0.1) is 0 Å². The van der Waals surface area contributed by atoms with Crippen molar-refractivity contribution in [1.29, 1.82) is 0 Å². The Balaban J connectivity index is 2.58. The first kappa shape index (κ1) is 14.9. The summed E-state index contributed by atoms with van der Waals surface area (Å²) in [5.74, 6) is 0. The molecular weight excluding hydrogens is 216 g/mol. The molecule has 1 saturated heterocycles. The zero-order valence-corrected chi connectivity index (χ0v) is 12.2. The fourth-order valence-corrected chi connectivity index (χ4v) is 2.81. The van der Waals surface area contributed by atoms with Gasteiger partial charge in [-0.25, -0.2) is 0 Å². The number of methoxy groups -OCH3 is 1. The number of hydrogen-bond donors (Lipinski definition) is 1. The first-order valence-corrected chi connectivity index (χ1v) is 6.37. The van der Waals surface area contributed by atoms with E-state index in [-0.39, 0.29) is 11.2 Å². The van der Waals surface area contributed by atoms with Crippen LogP contribution in [0.1, 0.15) is 27.7 Å². The molecule has 4 nitrogen and oxygen atoms in total. The van der Waals surface area contributed by atoms with Gasteiger partial charge in [-0.2, -0.15) is 0 Å². The quantitative estimate of drug-likeness (QED) is 0.785. The molecule has 1 atom stereocenters. The highest BCUT2D eigenvalue weighted by molar-refractivity contribution is 4.90. The summed E-state index contributed by atoms with van der Waals surface area (Å²) in [6, 6.07) is 0.379. The predicted octanol–water partition coefficient (Wildman–Crippen LogP) is 1.11. The molecule has 1 rings (SSSR count). The lowest BCUT2D eigenvalue weighted by atomic mass is 9.98. The third kappa shape index (κ3) is 4.92. The van der Waals surface area contributed by atoms with Crippen molar-refractivity contribution in [3.05, 3.63) is 0 Å². The molecular formula is C13H28N2O2. The molecule has 1 N–H and O–H groups in total. The normalized spacial score (nSPS) is 25.8. The van der Waals surface area contributed by atoms with Gasteiger partial charge >= 0.3 is 0 Å². The second-order valence-corrected chi connectivity index (χ2v) is 6.23. The summed E-state index contributed by atoms with van der Waals surface area (Å²) in [5.41, 5.74) is -0.153. The summed E-state index contributed by atoms with van der Waals surface area (Å²) in [6.07, 6.45) is 0. The third-order valence-corrected chi connectivity index (χ3v) is 3.02. The Kier molecular flexibility index (Phi) is 4.95. The maximum Gasteiger partial charge on any atom is 0.0760 e. The Morgan fingerprint density at radius 1 is 1.24 bits per heavy atom. The number of rotatable bonds is 5. The lowest BCUT2D eigenvalue weighted by Gasteiger charge is -2.47. The topological polar surface area (TPSA) is 33.7 Å². The highest BCUT2D eigenvalue weighted by Crippen LogP contribution is 2.27. The van der Waals surface area contributed by atoms with E-state index in [2.05, 4.69) is 37.9 Å². The SMILES string of the molecule is CNC(COC)CN1CC(C)(C)OC(C)(C)C1. The summed E-state index contributed by atoms with van der Waals surface area (Å²) in [4.78, 5) is 2.46. The van der Waals surface area contributed by atoms with Gasteiger partial charge in [-0.05, 0) is 34.7 Å². The first-order valence-electron chi connectivity index (χ1n) is 6.37. The van der Waals surface area contributed by atoms with Crippen molar-refractivity contribution in [1.82, 2.24) is 10.2 Å². The van der Waals surface area contributed by atoms with Gasteiger partial charge in [0.05, 0.1) is 17.8 Å². The Hall–Kier alpha value is -0.160. The average molecular weight is 244 g/mol. The van der Waals surface area contributed by atoms with Crippen LogP contribution in [0.2, 0.25) is 0 Å². The minimum absolute atomic E-state index is 0.0763. The largest absolute Gasteiger partial charge is 0.383 e. The zero-order valence-electron chi connectivity index (χ0n) is 12.2. The number of hydrogen-bond acceptors (Lipinski definition) is 4. The highest BCUT2D eigenvalue weighted by atomic mass is 16.5. The molecule has 1 unspecified atom stereocenters. The summed E-state index contributed by atoms with van der Waals surface area (Å²) >= 11 is 0. The lowest BCUT2D eigenvalue weighted by Crippen LogP contribution is -2.59. The fraction of sp³-hybridized carbons (Fsp3) is 1.00. The number of ether oxygens (including phenoxy) is 2. The van der Waals surface area contributed by atoms with Gasteiger partial charge in [-0.15, -0.1) is 0 Å². The van der Waals surface area contributed by atoms with Crippen LogP contribution in [-0.2, 0) is 9.47 Å². The number of nitrogens with one attached hydrogen (secondary N) is 1. The van der Waals surface area contributed by atoms with E-state index in [1.54, 1.807) is 7.11 Å². The Morgan fingerprint density at radius 3 is 2.18 bits per heavy atom. The van der Waals surface area contributed by atoms with Crippen LogP contribution in [-0.4, -0.2) is 62.5 Å². The molecule has 1 aliphatic heterocycles. The standard InChI is InChI=1S/C13H28N2O2/c1-12(2)9-15(10-13(3,4)17-12)7-11(14-5)8-16-6/h11,14H,7-10H2,1-6H3. The Labute approximate surface area is 106 Å². The Bertz CT molecular complexity index is 226. The van der Waals surface area contributed by atoms with Crippen molar-refractivity contribution in [3.63, 3.8) is 0 Å². The van der Waals surface area contributed by atoms with Crippen LogP contribution in [0.15, 0.2) is 0 Å². The lowest BCUT2D eigenvalue weighted by molar-refractivity contribution is -0.181. The number of morpholine rings is 1. The molecule has 0 aromatic heterocycles. The second kappa shape index (κ2) is 5.65. The summed E-state index contributed by atoms with van der Waals surface area (Å²) in [6.45, 7) is 12.3. The van der Waals surface area contributed by atoms with Crippen molar-refractivity contribution in [2.24, 2.45) is 0 Å². The molecule has 0 amide bonds. The molecule has 0 aliphatic carbocycles. The smallest absolute Gasteiger partial charge is 0.0760 e. The maximum absolute atomic E-state index is 6.07. The van der Waals surface area contributed by atoms with Crippen LogP contribution >= 0.6 is 0 Å². The highest BCUT2D eigenvalue weighted by Gasteiger charge is 2.38. The molecule has 102 valence electrons. The van der Waals surface area contributed by atoms with E-state index in [0.717, 1.165) is 26.2 Å². The summed E-state index contributed by atoms with van der Waals surface area (Å²) in [5, 5.41) is 3.30. The van der Waals surface area contributed by atoms with E-state index in [9.17, 15) is 0 Å². The molecule has 4 heteroatoms. The van der Waals surface area contributed by atoms with E-state index in [4.69, 9.17) is 9.47 Å². The summed E-state index contributed by atoms with van der Waals surface area (Å²) < 4.78 is 11.3. The van der Waals surface area contributed by atoms with Crippen LogP contribution < -0.4 is 5.32 Å². The minimum atomic E-state index is -0.0763. The van der Waals surface area contributed by atoms with E-state index in [1.807, 2.05) is 7.05 Å². The van der Waals surface area contributed by atoms with E-state index in [0.29, 0.717) is 6.04 Å². The molecule has 0 saturated carbocycles. The second-order valence-electron chi connectivity index (χ2n) is 6.23. The van der Waals surface area contributed by atoms with Gasteiger partial charge < -0.3 is 14.8 Å². The van der Waals surface area contributed by atoms with Gasteiger partial charge in [0.15, 0.2) is 0 Å². The molecule has 0 spiro atoms. The van der Waals surface area contributed by atoms with Crippen LogP contribution in [0.25, 0.3) is 0 Å². The van der Waals surface area contributed by atoms with Gasteiger partial charge in [0.2, 0.25) is 0 Å². The molecule has 0 aromatic rings. The van der Waals surface area contributed by atoms with Crippen LogP contribution in [0.3, 0.4) is 0 Å². The van der Waals surface area contributed by atoms with Crippen molar-refractivity contribution >= 4 is 0 Å². The predicted molar refractivity (Wildman–Crippen MR) is 70.4 cm³/mol. The molecule has 0 aromatic carbocycles. The zero-order chi connectivity index (χ0) is 13.1. The third-order valence-electron chi connectivity index (χ3n) is 3.02. The van der Waals surface area contributed by atoms with Gasteiger partial charge in [0.1, 0.15) is 0 Å². The molecule has 1 fully saturated rings. The minimum Gasteiger partial charge on any atom is -0.383 e. The van der Waals surface area contributed by atoms with E-state index < -0.39 is 0 Å². The monoisotopic (exact) mass is 244 g/mol. The number of nitrogens with zero attached hydrogens (tertiary/aromatic N) is 1. The molecule has 1 aliphatic rings. The van der Waals surface area contributed by atoms with Crippen molar-refractivity contribution < 1.29 is 9.47 Å². The maximum atomic E-state index is 6.07. The van der Waals surface area contributed by atoms with E-state index >= 15 is 0 Å². The fourth-order valence-electron chi connectivity index (χ4n) is 2.81. The number of likely N-dealkylation sites (N-methyl/N-ethyl adjacent to an activating group) is 1. The van der Waals surface area contributed by atoms with E-state index in [1.165, 1.54) is 0 Å².